The van der Waals surface area contributed by atoms with Gasteiger partial charge in [-0.2, -0.15) is 0 Å². The Labute approximate surface area is 137 Å². The van der Waals surface area contributed by atoms with E-state index in [4.69, 9.17) is 0 Å². The summed E-state index contributed by atoms with van der Waals surface area (Å²) in [5.41, 5.74) is -0.779. The van der Waals surface area contributed by atoms with Gasteiger partial charge in [-0.15, -0.1) is 0 Å². The summed E-state index contributed by atoms with van der Waals surface area (Å²) in [6, 6.07) is -0.318. The highest BCUT2D eigenvalue weighted by molar-refractivity contribution is 6.09. The van der Waals surface area contributed by atoms with Crippen LogP contribution in [0.4, 0.5) is 4.79 Å². The van der Waals surface area contributed by atoms with Crippen LogP contribution in [0.5, 0.6) is 0 Å². The van der Waals surface area contributed by atoms with Crippen LogP contribution in [0, 0.1) is 11.8 Å². The predicted molar refractivity (Wildman–Crippen MR) is 85.8 cm³/mol. The monoisotopic (exact) mass is 321 g/mol. The van der Waals surface area contributed by atoms with Crippen LogP contribution in [-0.4, -0.2) is 59.7 Å². The molecule has 3 amide bonds. The molecule has 2 unspecified atom stereocenters. The van der Waals surface area contributed by atoms with Crippen molar-refractivity contribution in [2.75, 3.05) is 26.7 Å². The summed E-state index contributed by atoms with van der Waals surface area (Å²) in [6.07, 6.45) is 6.00. The Hall–Kier alpha value is -1.43. The molecule has 3 aliphatic rings. The molecular weight excluding hydrogens is 294 g/mol. The maximum absolute atomic E-state index is 12.9. The molecule has 23 heavy (non-hydrogen) atoms. The van der Waals surface area contributed by atoms with Gasteiger partial charge in [0, 0.05) is 19.5 Å². The van der Waals surface area contributed by atoms with Crippen molar-refractivity contribution >= 4 is 17.7 Å². The van der Waals surface area contributed by atoms with E-state index in [1.54, 1.807) is 11.9 Å². The van der Waals surface area contributed by atoms with Gasteiger partial charge in [-0.25, -0.2) is 4.79 Å². The zero-order valence-electron chi connectivity index (χ0n) is 14.1. The van der Waals surface area contributed by atoms with Crippen molar-refractivity contribution in [3.8, 4) is 0 Å². The fourth-order valence-electron chi connectivity index (χ4n) is 4.37. The molecule has 1 N–H and O–H groups in total. The molecule has 6 nitrogen and oxygen atoms in total. The van der Waals surface area contributed by atoms with Crippen LogP contribution in [0.2, 0.25) is 0 Å². The highest BCUT2D eigenvalue weighted by atomic mass is 16.2. The topological polar surface area (TPSA) is 69.7 Å². The molecule has 0 bridgehead atoms. The SMILES string of the molecule is CN1C(=O)N(CC(=O)C2CCCNC2)C(=O)C1(C)C1CCCC1. The number of rotatable bonds is 4. The number of hydrogen-bond donors (Lipinski definition) is 1. The van der Waals surface area contributed by atoms with Gasteiger partial charge in [0.15, 0.2) is 5.78 Å². The summed E-state index contributed by atoms with van der Waals surface area (Å²) in [5, 5.41) is 3.21. The van der Waals surface area contributed by atoms with Gasteiger partial charge in [0.1, 0.15) is 5.54 Å². The number of carbonyl (C=O) groups excluding carboxylic acids is 3. The number of nitrogens with one attached hydrogen (secondary N) is 1. The van der Waals surface area contributed by atoms with E-state index < -0.39 is 5.54 Å². The first-order chi connectivity index (χ1) is 11.0. The third kappa shape index (κ3) is 2.67. The molecule has 2 saturated heterocycles. The minimum Gasteiger partial charge on any atom is -0.316 e. The van der Waals surface area contributed by atoms with E-state index in [1.165, 1.54) is 4.90 Å². The number of likely N-dealkylation sites (N-methyl/N-ethyl adjacent to an activating group) is 1. The third-order valence-corrected chi connectivity index (χ3v) is 6.11. The molecule has 2 heterocycles. The average molecular weight is 321 g/mol. The fraction of sp³-hybridized carbons (Fsp3) is 0.824. The number of urea groups is 1. The van der Waals surface area contributed by atoms with E-state index in [9.17, 15) is 14.4 Å². The van der Waals surface area contributed by atoms with Crippen LogP contribution in [-0.2, 0) is 9.59 Å². The van der Waals surface area contributed by atoms with E-state index in [-0.39, 0.29) is 36.1 Å². The molecule has 1 aliphatic carbocycles. The fourth-order valence-corrected chi connectivity index (χ4v) is 4.37. The quantitative estimate of drug-likeness (QED) is 0.795. The van der Waals surface area contributed by atoms with Crippen molar-refractivity contribution in [2.45, 2.75) is 51.0 Å². The molecule has 6 heteroatoms. The number of nitrogens with zero attached hydrogens (tertiary/aromatic N) is 2. The predicted octanol–water partition coefficient (Wildman–Crippen LogP) is 1.40. The smallest absolute Gasteiger partial charge is 0.316 e. The Balaban J connectivity index is 1.73. The highest BCUT2D eigenvalue weighted by Gasteiger charge is 2.57. The summed E-state index contributed by atoms with van der Waals surface area (Å²) >= 11 is 0. The van der Waals surface area contributed by atoms with Gasteiger partial charge < -0.3 is 10.2 Å². The summed E-state index contributed by atoms with van der Waals surface area (Å²) in [5.74, 6) is -0.0506. The number of carbonyl (C=O) groups is 3. The number of piperidine rings is 1. The Morgan fingerprint density at radius 1 is 1.22 bits per heavy atom. The van der Waals surface area contributed by atoms with Gasteiger partial charge in [0.2, 0.25) is 0 Å². The lowest BCUT2D eigenvalue weighted by Gasteiger charge is -2.34. The van der Waals surface area contributed by atoms with Crippen molar-refractivity contribution in [1.29, 1.82) is 0 Å². The molecule has 2 atom stereocenters. The van der Waals surface area contributed by atoms with Crippen molar-refractivity contribution in [3.63, 3.8) is 0 Å². The molecular formula is C17H27N3O3. The van der Waals surface area contributed by atoms with Gasteiger partial charge in [-0.05, 0) is 45.1 Å². The number of imide groups is 1. The van der Waals surface area contributed by atoms with Crippen LogP contribution in [0.25, 0.3) is 0 Å². The van der Waals surface area contributed by atoms with Gasteiger partial charge >= 0.3 is 6.03 Å². The highest BCUT2D eigenvalue weighted by Crippen LogP contribution is 2.41. The molecule has 128 valence electrons. The van der Waals surface area contributed by atoms with E-state index in [0.29, 0.717) is 6.54 Å². The van der Waals surface area contributed by atoms with Crippen LogP contribution < -0.4 is 5.32 Å². The Morgan fingerprint density at radius 2 is 1.91 bits per heavy atom. The summed E-state index contributed by atoms with van der Waals surface area (Å²) < 4.78 is 0. The molecule has 0 aromatic heterocycles. The Morgan fingerprint density at radius 3 is 2.52 bits per heavy atom. The molecule has 0 spiro atoms. The lowest BCUT2D eigenvalue weighted by Crippen LogP contribution is -2.50. The molecule has 0 aromatic carbocycles. The van der Waals surface area contributed by atoms with Gasteiger partial charge in [0.25, 0.3) is 5.91 Å². The second kappa shape index (κ2) is 6.23. The Bertz CT molecular complexity index is 509. The van der Waals surface area contributed by atoms with E-state index >= 15 is 0 Å². The molecule has 0 aromatic rings. The number of amides is 3. The second-order valence-electron chi connectivity index (χ2n) is 7.37. The van der Waals surface area contributed by atoms with Crippen molar-refractivity contribution in [1.82, 2.24) is 15.1 Å². The third-order valence-electron chi connectivity index (χ3n) is 6.11. The van der Waals surface area contributed by atoms with E-state index in [0.717, 1.165) is 45.1 Å². The number of ketones is 1. The summed E-state index contributed by atoms with van der Waals surface area (Å²) in [4.78, 5) is 40.8. The van der Waals surface area contributed by atoms with E-state index in [2.05, 4.69) is 5.32 Å². The second-order valence-corrected chi connectivity index (χ2v) is 7.37. The molecule has 0 radical (unpaired) electrons. The summed E-state index contributed by atoms with van der Waals surface area (Å²) in [6.45, 7) is 3.39. The minimum absolute atomic E-state index is 0.00275. The van der Waals surface area contributed by atoms with Crippen molar-refractivity contribution < 1.29 is 14.4 Å². The first kappa shape index (κ1) is 16.4. The average Bonchev–Trinajstić information content (AvgIpc) is 3.16. The normalized spacial score (nSPS) is 32.9. The Kier molecular flexibility index (Phi) is 4.45. The molecule has 3 fully saturated rings. The molecule has 3 rings (SSSR count). The largest absolute Gasteiger partial charge is 0.327 e. The first-order valence-electron chi connectivity index (χ1n) is 8.79. The van der Waals surface area contributed by atoms with Crippen LogP contribution >= 0.6 is 0 Å². The van der Waals surface area contributed by atoms with Crippen LogP contribution in [0.3, 0.4) is 0 Å². The van der Waals surface area contributed by atoms with Crippen LogP contribution in [0.15, 0.2) is 0 Å². The van der Waals surface area contributed by atoms with Gasteiger partial charge in [0.05, 0.1) is 6.54 Å². The lowest BCUT2D eigenvalue weighted by atomic mass is 9.83. The molecule has 2 aliphatic heterocycles. The minimum atomic E-state index is -0.779. The maximum Gasteiger partial charge on any atom is 0.327 e. The van der Waals surface area contributed by atoms with Gasteiger partial charge in [-0.1, -0.05) is 12.8 Å². The number of hydrogen-bond acceptors (Lipinski definition) is 4. The first-order valence-corrected chi connectivity index (χ1v) is 8.79. The molecule has 1 saturated carbocycles. The maximum atomic E-state index is 12.9. The zero-order chi connectivity index (χ0) is 16.6. The van der Waals surface area contributed by atoms with Crippen molar-refractivity contribution in [3.05, 3.63) is 0 Å². The van der Waals surface area contributed by atoms with Gasteiger partial charge in [-0.3, -0.25) is 14.5 Å². The van der Waals surface area contributed by atoms with Crippen LogP contribution in [0.1, 0.15) is 45.4 Å². The summed E-state index contributed by atoms with van der Waals surface area (Å²) in [7, 11) is 1.70. The number of Topliss-reactive ketones (excluding diaryl/α,β-unsaturated/α-hetero) is 1. The van der Waals surface area contributed by atoms with E-state index in [1.807, 2.05) is 6.92 Å². The lowest BCUT2D eigenvalue weighted by molar-refractivity contribution is -0.138. The zero-order valence-corrected chi connectivity index (χ0v) is 14.1. The standard InChI is InChI=1S/C17H27N3O3/c1-17(13-7-3-4-8-13)15(22)20(16(23)19(17)2)11-14(21)12-6-5-9-18-10-12/h12-13,18H,3-11H2,1-2H3. The van der Waals surface area contributed by atoms with Crippen molar-refractivity contribution in [2.24, 2.45) is 11.8 Å².